The van der Waals surface area contributed by atoms with E-state index in [-0.39, 0.29) is 17.5 Å². The smallest absolute Gasteiger partial charge is 0.264 e. The van der Waals surface area contributed by atoms with Crippen LogP contribution in [0.3, 0.4) is 0 Å². The van der Waals surface area contributed by atoms with Crippen molar-refractivity contribution in [2.24, 2.45) is 0 Å². The Hall–Kier alpha value is -6.62. The predicted octanol–water partition coefficient (Wildman–Crippen LogP) is 15.4. The Labute approximate surface area is 400 Å². The minimum absolute atomic E-state index is 0.000203. The molecule has 0 N–H and O–H groups in total. The number of benzene rings is 8. The first-order chi connectivity index (χ1) is 32.2. The van der Waals surface area contributed by atoms with Crippen LogP contribution in [0.5, 0.6) is 0 Å². The van der Waals surface area contributed by atoms with Crippen molar-refractivity contribution in [3.8, 4) is 22.3 Å². The summed E-state index contributed by atoms with van der Waals surface area (Å²) in [6, 6.07) is 64.0. The molecule has 2 aliphatic heterocycles. The van der Waals surface area contributed by atoms with Crippen LogP contribution in [0.15, 0.2) is 164 Å². The highest BCUT2D eigenvalue weighted by atomic mass is 32.1. The molecule has 326 valence electrons. The van der Waals surface area contributed by atoms with Crippen molar-refractivity contribution in [3.05, 3.63) is 208 Å². The molecule has 0 saturated heterocycles. The quantitative estimate of drug-likeness (QED) is 0.163. The summed E-state index contributed by atoms with van der Waals surface area (Å²) < 4.78 is 2.74. The largest absolute Gasteiger partial charge is 0.311 e. The van der Waals surface area contributed by atoms with Crippen molar-refractivity contribution < 1.29 is 0 Å². The minimum Gasteiger partial charge on any atom is -0.311 e. The average molecular weight is 883 g/mol. The first kappa shape index (κ1) is 40.6. The van der Waals surface area contributed by atoms with Gasteiger partial charge in [-0.2, -0.15) is 0 Å². The fourth-order valence-electron chi connectivity index (χ4n) is 12.3. The van der Waals surface area contributed by atoms with Crippen molar-refractivity contribution in [2.45, 2.75) is 84.5 Å². The summed E-state index contributed by atoms with van der Waals surface area (Å²) in [7, 11) is 0. The first-order valence-electron chi connectivity index (χ1n) is 24.2. The Morgan fingerprint density at radius 3 is 1.72 bits per heavy atom. The SMILES string of the molecule is Cc1cc2c3c(c1)N(c1ccc(C(C)C)cc1)c1c(sc4cc5c(cc14)C1(c4ccccc4-c4ccccc41)c1cc(C(C)(C)C)ccc1-5)B3c1ccccc1N2c1ccc(C(C)(C)C)cc1. The van der Waals surface area contributed by atoms with E-state index in [9.17, 15) is 0 Å². The fraction of sp³-hybridized carbons (Fsp3) is 0.206. The molecule has 13 rings (SSSR count). The summed E-state index contributed by atoms with van der Waals surface area (Å²) in [5.74, 6) is 0.440. The van der Waals surface area contributed by atoms with Gasteiger partial charge in [0.15, 0.2) is 0 Å². The number of fused-ring (bicyclic) bond motifs is 16. The molecule has 0 fully saturated rings. The zero-order valence-corrected chi connectivity index (χ0v) is 40.9. The van der Waals surface area contributed by atoms with Gasteiger partial charge in [-0.15, -0.1) is 11.3 Å². The average Bonchev–Trinajstić information content (AvgIpc) is 3.93. The Kier molecular flexibility index (Phi) is 8.47. The van der Waals surface area contributed by atoms with Crippen LogP contribution in [0, 0.1) is 6.92 Å². The van der Waals surface area contributed by atoms with Crippen LogP contribution >= 0.6 is 11.3 Å². The third-order valence-electron chi connectivity index (χ3n) is 15.6. The third kappa shape index (κ3) is 5.57. The van der Waals surface area contributed by atoms with Gasteiger partial charge in [0, 0.05) is 43.3 Å². The zero-order valence-electron chi connectivity index (χ0n) is 40.0. The number of rotatable bonds is 3. The maximum Gasteiger partial charge on any atom is 0.264 e. The van der Waals surface area contributed by atoms with Crippen molar-refractivity contribution in [1.82, 2.24) is 0 Å². The second kappa shape index (κ2) is 14.0. The molecule has 1 spiro atoms. The number of anilines is 6. The van der Waals surface area contributed by atoms with Gasteiger partial charge in [-0.3, -0.25) is 0 Å². The van der Waals surface area contributed by atoms with Crippen molar-refractivity contribution in [1.29, 1.82) is 0 Å². The normalized spacial score (nSPS) is 14.8. The Morgan fingerprint density at radius 2 is 1.06 bits per heavy atom. The molecule has 4 aliphatic rings. The molecular weight excluding hydrogens is 828 g/mol. The molecule has 9 aromatic rings. The van der Waals surface area contributed by atoms with Crippen molar-refractivity contribution in [3.63, 3.8) is 0 Å². The molecular formula is C63H55BN2S. The third-order valence-corrected chi connectivity index (χ3v) is 16.8. The number of nitrogens with zero attached hydrogens (tertiary/aromatic N) is 2. The molecule has 1 aromatic heterocycles. The highest BCUT2D eigenvalue weighted by Crippen LogP contribution is 2.64. The lowest BCUT2D eigenvalue weighted by atomic mass is 9.36. The number of hydrogen-bond acceptors (Lipinski definition) is 3. The Balaban J connectivity index is 1.13. The fourth-order valence-corrected chi connectivity index (χ4v) is 13.7. The highest BCUT2D eigenvalue weighted by molar-refractivity contribution is 7.33. The van der Waals surface area contributed by atoms with Gasteiger partial charge in [0.05, 0.1) is 11.1 Å². The van der Waals surface area contributed by atoms with E-state index in [1.165, 1.54) is 127 Å². The van der Waals surface area contributed by atoms with E-state index in [4.69, 9.17) is 0 Å². The van der Waals surface area contributed by atoms with E-state index in [0.717, 1.165) is 0 Å². The van der Waals surface area contributed by atoms with Crippen LogP contribution in [-0.4, -0.2) is 6.71 Å². The van der Waals surface area contributed by atoms with E-state index in [2.05, 4.69) is 236 Å². The molecule has 0 bridgehead atoms. The van der Waals surface area contributed by atoms with E-state index in [0.29, 0.717) is 5.92 Å². The molecule has 2 aliphatic carbocycles. The molecule has 0 atom stereocenters. The molecule has 3 heterocycles. The maximum absolute atomic E-state index is 2.64. The summed E-state index contributed by atoms with van der Waals surface area (Å²) in [5, 5.41) is 1.32. The number of aryl methyl sites for hydroxylation is 1. The van der Waals surface area contributed by atoms with Gasteiger partial charge in [0.25, 0.3) is 6.71 Å². The molecule has 2 nitrogen and oxygen atoms in total. The zero-order chi connectivity index (χ0) is 45.9. The van der Waals surface area contributed by atoms with Gasteiger partial charge in [0.1, 0.15) is 0 Å². The van der Waals surface area contributed by atoms with Crippen molar-refractivity contribution in [2.75, 3.05) is 9.80 Å². The second-order valence-corrected chi connectivity index (χ2v) is 23.1. The summed E-state index contributed by atoms with van der Waals surface area (Å²) in [6.45, 7) is 20.9. The molecule has 8 aromatic carbocycles. The molecule has 0 saturated carbocycles. The van der Waals surface area contributed by atoms with Gasteiger partial charge < -0.3 is 9.80 Å². The van der Waals surface area contributed by atoms with Crippen LogP contribution in [0.1, 0.15) is 106 Å². The van der Waals surface area contributed by atoms with E-state index in [1.54, 1.807) is 0 Å². The second-order valence-electron chi connectivity index (χ2n) is 22.0. The standard InChI is InChI=1S/C63H55BN2S/c1-37(2)39-22-27-43(28-23-39)66-56-33-38(3)32-55-58(56)64(53-20-14-15-21-54(53)65(55)42-29-24-40(25-30-42)61(4,5)6)60-59(66)48-35-52-47(36-57(48)67-60)46-31-26-41(62(7,8)9)34-51(46)63(52)49-18-12-10-16-44(49)45-17-11-13-19-50(45)63/h10-37H,1-9H3. The lowest BCUT2D eigenvalue weighted by molar-refractivity contribution is 0.588. The highest BCUT2D eigenvalue weighted by Gasteiger charge is 2.53. The summed E-state index contributed by atoms with van der Waals surface area (Å²) in [5.41, 5.74) is 26.1. The lowest BCUT2D eigenvalue weighted by Crippen LogP contribution is -2.60. The van der Waals surface area contributed by atoms with Crippen molar-refractivity contribution >= 4 is 78.0 Å². The lowest BCUT2D eigenvalue weighted by Gasteiger charge is -2.43. The van der Waals surface area contributed by atoms with E-state index >= 15 is 0 Å². The molecule has 0 radical (unpaired) electrons. The van der Waals surface area contributed by atoms with Gasteiger partial charge in [-0.1, -0.05) is 165 Å². The predicted molar refractivity (Wildman–Crippen MR) is 288 cm³/mol. The summed E-state index contributed by atoms with van der Waals surface area (Å²) in [6.07, 6.45) is 0. The van der Waals surface area contributed by atoms with Crippen LogP contribution in [0.4, 0.5) is 34.1 Å². The molecule has 67 heavy (non-hydrogen) atoms. The Morgan fingerprint density at radius 1 is 0.507 bits per heavy atom. The summed E-state index contributed by atoms with van der Waals surface area (Å²) in [4.78, 5) is 5.18. The maximum atomic E-state index is 2.64. The van der Waals surface area contributed by atoms with Gasteiger partial charge in [-0.05, 0) is 156 Å². The van der Waals surface area contributed by atoms with E-state index < -0.39 is 5.41 Å². The van der Waals surface area contributed by atoms with Gasteiger partial charge in [-0.25, -0.2) is 0 Å². The van der Waals surface area contributed by atoms with Gasteiger partial charge >= 0.3 is 0 Å². The molecule has 0 unspecified atom stereocenters. The number of para-hydroxylation sites is 1. The Bertz CT molecular complexity index is 3500. The molecule has 4 heteroatoms. The topological polar surface area (TPSA) is 6.48 Å². The first-order valence-corrected chi connectivity index (χ1v) is 25.0. The minimum atomic E-state index is -0.456. The van der Waals surface area contributed by atoms with Crippen LogP contribution < -0.4 is 25.5 Å². The van der Waals surface area contributed by atoms with Crippen LogP contribution in [0.25, 0.3) is 32.3 Å². The van der Waals surface area contributed by atoms with Gasteiger partial charge in [0.2, 0.25) is 0 Å². The van der Waals surface area contributed by atoms with E-state index in [1.807, 2.05) is 11.3 Å². The summed E-state index contributed by atoms with van der Waals surface area (Å²) >= 11 is 2.00. The van der Waals surface area contributed by atoms with Crippen LogP contribution in [0.2, 0.25) is 0 Å². The number of hydrogen-bond donors (Lipinski definition) is 0. The monoisotopic (exact) mass is 882 g/mol. The number of thiophene rings is 1. The molecule has 0 amide bonds. The van der Waals surface area contributed by atoms with Crippen LogP contribution in [-0.2, 0) is 16.2 Å².